The molecule has 2 amide bonds. The largest absolute Gasteiger partial charge is 0.418 e. The molecule has 4 N–H and O–H groups in total. The molecule has 0 fully saturated rings. The second kappa shape index (κ2) is 12.6. The van der Waals surface area contributed by atoms with E-state index >= 15 is 0 Å². The summed E-state index contributed by atoms with van der Waals surface area (Å²) in [5.74, 6) is -0.622. The first kappa shape index (κ1) is 28.6. The van der Waals surface area contributed by atoms with Crippen LogP contribution in [0.1, 0.15) is 43.7 Å². The van der Waals surface area contributed by atoms with Crippen LogP contribution in [0.25, 0.3) is 0 Å². The fourth-order valence-electron chi connectivity index (χ4n) is 3.16. The van der Waals surface area contributed by atoms with Crippen molar-refractivity contribution in [3.8, 4) is 0 Å². The van der Waals surface area contributed by atoms with Gasteiger partial charge in [0.2, 0.25) is 5.95 Å². The lowest BCUT2D eigenvalue weighted by molar-refractivity contribution is -0.137. The first-order chi connectivity index (χ1) is 19.1. The van der Waals surface area contributed by atoms with E-state index < -0.39 is 34.6 Å². The lowest BCUT2D eigenvalue weighted by atomic mass is 10.2. The number of aromatic nitrogens is 6. The van der Waals surface area contributed by atoms with Gasteiger partial charge >= 0.3 is 6.18 Å². The molecular weight excluding hydrogens is 573 g/mol. The number of hydrogen-bond acceptors (Lipinski definition) is 11. The van der Waals surface area contributed by atoms with Gasteiger partial charge in [-0.1, -0.05) is 11.6 Å². The van der Waals surface area contributed by atoms with Crippen LogP contribution in [-0.2, 0) is 6.18 Å². The molecule has 4 aromatic rings. The molecule has 0 aliphatic rings. The van der Waals surface area contributed by atoms with Crippen molar-refractivity contribution >= 4 is 52.3 Å². The van der Waals surface area contributed by atoms with Crippen LogP contribution in [0.2, 0.25) is 5.02 Å². The molecule has 0 saturated heterocycles. The fourth-order valence-corrected chi connectivity index (χ4v) is 4.19. The number of alkyl halides is 3. The minimum atomic E-state index is -4.71. The van der Waals surface area contributed by atoms with Crippen LogP contribution in [0, 0.1) is 0 Å². The molecule has 0 spiro atoms. The average Bonchev–Trinajstić information content (AvgIpc) is 3.43. The predicted octanol–water partition coefficient (Wildman–Crippen LogP) is 4.06. The summed E-state index contributed by atoms with van der Waals surface area (Å²) >= 11 is 6.52. The predicted molar refractivity (Wildman–Crippen MR) is 141 cm³/mol. The van der Waals surface area contributed by atoms with Crippen molar-refractivity contribution < 1.29 is 22.8 Å². The number of pyridine rings is 1. The van der Waals surface area contributed by atoms with Crippen molar-refractivity contribution in [2.24, 2.45) is 0 Å². The maximum absolute atomic E-state index is 13.1. The second-order valence-corrected chi connectivity index (χ2v) is 9.44. The number of nitrogens with one attached hydrogen (secondary N) is 4. The summed E-state index contributed by atoms with van der Waals surface area (Å²) in [6.07, 6.45) is 1.83. The van der Waals surface area contributed by atoms with Crippen LogP contribution in [0.5, 0.6) is 0 Å². The Labute approximate surface area is 233 Å². The van der Waals surface area contributed by atoms with Crippen LogP contribution in [-0.4, -0.2) is 54.8 Å². The maximum Gasteiger partial charge on any atom is 0.418 e. The van der Waals surface area contributed by atoms with Crippen molar-refractivity contribution in [3.05, 3.63) is 75.5 Å². The maximum atomic E-state index is 13.1. The highest BCUT2D eigenvalue weighted by atomic mass is 35.5. The van der Waals surface area contributed by atoms with Crippen LogP contribution < -0.4 is 21.3 Å². The van der Waals surface area contributed by atoms with E-state index in [4.69, 9.17) is 11.6 Å². The van der Waals surface area contributed by atoms with Gasteiger partial charge in [0.25, 0.3) is 11.8 Å². The van der Waals surface area contributed by atoms with Gasteiger partial charge in [-0.05, 0) is 19.1 Å². The average molecular weight is 593 g/mol. The number of thiazole rings is 1. The molecule has 0 aliphatic carbocycles. The Morgan fingerprint density at radius 1 is 0.950 bits per heavy atom. The number of nitrogens with zero attached hydrogens (tertiary/aromatic N) is 6. The number of halogens is 4. The molecule has 4 heterocycles. The van der Waals surface area contributed by atoms with E-state index in [-0.39, 0.29) is 16.4 Å². The highest BCUT2D eigenvalue weighted by Gasteiger charge is 2.34. The molecule has 40 heavy (non-hydrogen) atoms. The Balaban J connectivity index is 1.31. The molecule has 12 nitrogen and oxygen atoms in total. The highest BCUT2D eigenvalue weighted by Crippen LogP contribution is 2.35. The second-order valence-electron chi connectivity index (χ2n) is 7.97. The van der Waals surface area contributed by atoms with Gasteiger partial charge in [0.15, 0.2) is 0 Å². The van der Waals surface area contributed by atoms with E-state index in [1.54, 1.807) is 25.4 Å². The number of anilines is 3. The summed E-state index contributed by atoms with van der Waals surface area (Å²) in [4.78, 5) is 49.5. The molecule has 4 rings (SSSR count). The van der Waals surface area contributed by atoms with Gasteiger partial charge < -0.3 is 21.3 Å². The zero-order chi connectivity index (χ0) is 28.7. The Hall–Kier alpha value is -4.44. The molecule has 1 unspecified atom stereocenters. The summed E-state index contributed by atoms with van der Waals surface area (Å²) in [5.41, 5.74) is -1.02. The summed E-state index contributed by atoms with van der Waals surface area (Å²) in [6.45, 7) is 2.64. The summed E-state index contributed by atoms with van der Waals surface area (Å²) in [7, 11) is 0. The lowest BCUT2D eigenvalue weighted by Gasteiger charge is -2.12. The molecule has 0 bridgehead atoms. The summed E-state index contributed by atoms with van der Waals surface area (Å²) in [5, 5.41) is 10.9. The molecule has 208 valence electrons. The first-order valence-electron chi connectivity index (χ1n) is 11.5. The standard InChI is InChI=1S/C23H20ClF3N10O2S/c1-12(21-33-10-16(40-21)20(39)37-18-7-13(23(25,26)27)14(24)9-32-18)36-19(38)15-8-17(35-11-34-15)28-5-6-31-22-29-3-2-4-30-22/h2-4,7-12H,5-6H2,1H3,(H,36,38)(H,28,34,35)(H,29,30,31)(H,32,37,39). The highest BCUT2D eigenvalue weighted by molar-refractivity contribution is 7.13. The van der Waals surface area contributed by atoms with E-state index in [0.717, 1.165) is 17.5 Å². The molecular formula is C23H20ClF3N10O2S. The number of amides is 2. The molecule has 0 aromatic carbocycles. The van der Waals surface area contributed by atoms with E-state index in [2.05, 4.69) is 51.2 Å². The molecule has 1 atom stereocenters. The van der Waals surface area contributed by atoms with Crippen LogP contribution in [0.15, 0.2) is 49.3 Å². The molecule has 4 aromatic heterocycles. The van der Waals surface area contributed by atoms with Gasteiger partial charge in [-0.2, -0.15) is 13.2 Å². The normalized spacial score (nSPS) is 11.9. The number of carbonyl (C=O) groups is 2. The van der Waals surface area contributed by atoms with Crippen molar-refractivity contribution in [1.29, 1.82) is 0 Å². The molecule has 17 heteroatoms. The van der Waals surface area contributed by atoms with Crippen molar-refractivity contribution in [1.82, 2.24) is 35.2 Å². The number of rotatable bonds is 10. The minimum Gasteiger partial charge on any atom is -0.368 e. The van der Waals surface area contributed by atoms with Gasteiger partial charge in [0, 0.05) is 37.7 Å². The SMILES string of the molecule is CC(NC(=O)c1cc(NCCNc2ncccn2)ncn1)c1ncc(C(=O)Nc2cc(C(F)(F)F)c(Cl)cn2)s1. The first-order valence-corrected chi connectivity index (χ1v) is 12.7. The van der Waals surface area contributed by atoms with Crippen molar-refractivity contribution in [2.75, 3.05) is 29.0 Å². The topological polar surface area (TPSA) is 160 Å². The lowest BCUT2D eigenvalue weighted by Crippen LogP contribution is -2.27. The molecule has 0 saturated carbocycles. The third-order valence-electron chi connectivity index (χ3n) is 5.05. The van der Waals surface area contributed by atoms with E-state index in [1.807, 2.05) is 0 Å². The fraction of sp³-hybridized carbons (Fsp3) is 0.217. The van der Waals surface area contributed by atoms with E-state index in [9.17, 15) is 22.8 Å². The summed E-state index contributed by atoms with van der Waals surface area (Å²) < 4.78 is 39.2. The van der Waals surface area contributed by atoms with Gasteiger partial charge in [-0.25, -0.2) is 29.9 Å². The molecule has 0 radical (unpaired) electrons. The number of hydrogen-bond donors (Lipinski definition) is 4. The molecule has 0 aliphatic heterocycles. The third-order valence-corrected chi connectivity index (χ3v) is 6.53. The van der Waals surface area contributed by atoms with Gasteiger partial charge in [-0.15, -0.1) is 11.3 Å². The Kier molecular flexibility index (Phi) is 9.00. The Morgan fingerprint density at radius 2 is 1.70 bits per heavy atom. The van der Waals surface area contributed by atoms with Gasteiger partial charge in [0.1, 0.15) is 33.5 Å². The van der Waals surface area contributed by atoms with E-state index in [0.29, 0.717) is 35.9 Å². The Morgan fingerprint density at radius 3 is 2.45 bits per heavy atom. The zero-order valence-corrected chi connectivity index (χ0v) is 22.1. The Bertz CT molecular complexity index is 1490. The quantitative estimate of drug-likeness (QED) is 0.198. The van der Waals surface area contributed by atoms with Crippen molar-refractivity contribution in [3.63, 3.8) is 0 Å². The summed E-state index contributed by atoms with van der Waals surface area (Å²) in [6, 6.07) is 3.23. The van der Waals surface area contributed by atoms with Crippen molar-refractivity contribution in [2.45, 2.75) is 19.1 Å². The third kappa shape index (κ3) is 7.57. The van der Waals surface area contributed by atoms with Gasteiger partial charge in [0.05, 0.1) is 22.8 Å². The zero-order valence-electron chi connectivity index (χ0n) is 20.5. The van der Waals surface area contributed by atoms with Crippen LogP contribution >= 0.6 is 22.9 Å². The van der Waals surface area contributed by atoms with E-state index in [1.165, 1.54) is 18.6 Å². The number of carbonyl (C=O) groups excluding carboxylic acids is 2. The van der Waals surface area contributed by atoms with Crippen LogP contribution in [0.3, 0.4) is 0 Å². The minimum absolute atomic E-state index is 0.101. The van der Waals surface area contributed by atoms with Crippen LogP contribution in [0.4, 0.5) is 30.8 Å². The monoisotopic (exact) mass is 592 g/mol. The van der Waals surface area contributed by atoms with Gasteiger partial charge in [-0.3, -0.25) is 9.59 Å². The smallest absolute Gasteiger partial charge is 0.368 e.